The standard InChI is InChI=1S/C20H23FN4O3/c1-2-28-20(27)14-9-11-24(12-10-14)19(26)16-7-8-17-22-23-18(25(16)17)13-3-5-15(21)6-4-13/h3-6,14,16H,2,7-12H2,1H3. The van der Waals surface area contributed by atoms with Crippen LogP contribution in [0.4, 0.5) is 4.39 Å². The van der Waals surface area contributed by atoms with Crippen molar-refractivity contribution < 1.29 is 18.7 Å². The number of carbonyl (C=O) groups is 2. The zero-order valence-electron chi connectivity index (χ0n) is 15.8. The quantitative estimate of drug-likeness (QED) is 0.754. The van der Waals surface area contributed by atoms with E-state index in [1.165, 1.54) is 12.1 Å². The molecule has 0 aliphatic carbocycles. The van der Waals surface area contributed by atoms with Gasteiger partial charge in [-0.15, -0.1) is 10.2 Å². The van der Waals surface area contributed by atoms with Crippen LogP contribution < -0.4 is 0 Å². The van der Waals surface area contributed by atoms with Crippen LogP contribution in [-0.2, 0) is 20.7 Å². The molecule has 0 radical (unpaired) electrons. The van der Waals surface area contributed by atoms with Gasteiger partial charge in [0.15, 0.2) is 5.82 Å². The fourth-order valence-electron chi connectivity index (χ4n) is 4.05. The van der Waals surface area contributed by atoms with Crippen LogP contribution in [0.25, 0.3) is 11.4 Å². The Balaban J connectivity index is 1.49. The number of aromatic nitrogens is 3. The van der Waals surface area contributed by atoms with E-state index in [0.717, 1.165) is 11.4 Å². The third kappa shape index (κ3) is 3.39. The summed E-state index contributed by atoms with van der Waals surface area (Å²) >= 11 is 0. The Labute approximate surface area is 162 Å². The molecule has 1 fully saturated rings. The van der Waals surface area contributed by atoms with Crippen LogP contribution in [0.3, 0.4) is 0 Å². The van der Waals surface area contributed by atoms with Crippen molar-refractivity contribution in [2.24, 2.45) is 5.92 Å². The van der Waals surface area contributed by atoms with Crippen molar-refractivity contribution in [1.82, 2.24) is 19.7 Å². The summed E-state index contributed by atoms with van der Waals surface area (Å²) in [5.41, 5.74) is 0.737. The van der Waals surface area contributed by atoms with Gasteiger partial charge in [-0.05, 0) is 50.5 Å². The van der Waals surface area contributed by atoms with Crippen LogP contribution in [0.5, 0.6) is 0 Å². The Morgan fingerprint density at radius 2 is 1.86 bits per heavy atom. The number of rotatable bonds is 4. The Hall–Kier alpha value is -2.77. The Kier molecular flexibility index (Phi) is 5.11. The zero-order chi connectivity index (χ0) is 19.7. The van der Waals surface area contributed by atoms with Crippen LogP contribution in [0, 0.1) is 11.7 Å². The molecule has 1 unspecified atom stereocenters. The van der Waals surface area contributed by atoms with Crippen LogP contribution in [-0.4, -0.2) is 51.2 Å². The van der Waals surface area contributed by atoms with Crippen LogP contribution in [0.1, 0.15) is 38.1 Å². The van der Waals surface area contributed by atoms with Gasteiger partial charge in [0, 0.05) is 25.1 Å². The van der Waals surface area contributed by atoms with E-state index >= 15 is 0 Å². The molecule has 2 aromatic rings. The summed E-state index contributed by atoms with van der Waals surface area (Å²) in [7, 11) is 0. The van der Waals surface area contributed by atoms with Gasteiger partial charge in [0.1, 0.15) is 17.7 Å². The molecule has 0 saturated carbocycles. The largest absolute Gasteiger partial charge is 0.466 e. The van der Waals surface area contributed by atoms with Gasteiger partial charge in [-0.1, -0.05) is 0 Å². The molecule has 148 valence electrons. The van der Waals surface area contributed by atoms with Crippen molar-refractivity contribution in [3.63, 3.8) is 0 Å². The second kappa shape index (κ2) is 7.69. The fourth-order valence-corrected chi connectivity index (χ4v) is 4.05. The number of halogens is 1. The number of likely N-dealkylation sites (tertiary alicyclic amines) is 1. The molecule has 0 N–H and O–H groups in total. The number of hydrogen-bond acceptors (Lipinski definition) is 5. The highest BCUT2D eigenvalue weighted by atomic mass is 19.1. The SMILES string of the molecule is CCOC(=O)C1CCN(C(=O)C2CCc3nnc(-c4ccc(F)cc4)n32)CC1. The second-order valence-corrected chi connectivity index (χ2v) is 7.22. The number of piperidine rings is 1. The molecule has 0 spiro atoms. The molecule has 2 aliphatic rings. The number of benzene rings is 1. The third-order valence-corrected chi connectivity index (χ3v) is 5.53. The van der Waals surface area contributed by atoms with Crippen molar-refractivity contribution >= 4 is 11.9 Å². The van der Waals surface area contributed by atoms with Gasteiger partial charge < -0.3 is 9.64 Å². The summed E-state index contributed by atoms with van der Waals surface area (Å²) in [4.78, 5) is 26.9. The monoisotopic (exact) mass is 386 g/mol. The lowest BCUT2D eigenvalue weighted by molar-refractivity contribution is -0.151. The number of esters is 1. The fraction of sp³-hybridized carbons (Fsp3) is 0.500. The number of fused-ring (bicyclic) bond motifs is 1. The van der Waals surface area contributed by atoms with Gasteiger partial charge >= 0.3 is 5.97 Å². The van der Waals surface area contributed by atoms with Crippen LogP contribution in [0.2, 0.25) is 0 Å². The van der Waals surface area contributed by atoms with Gasteiger partial charge in [0.25, 0.3) is 0 Å². The molecule has 4 rings (SSSR count). The molecular formula is C20H23FN4O3. The Morgan fingerprint density at radius 1 is 1.14 bits per heavy atom. The van der Waals surface area contributed by atoms with Gasteiger partial charge in [0.2, 0.25) is 5.91 Å². The molecule has 2 aliphatic heterocycles. The molecule has 1 atom stereocenters. The van der Waals surface area contributed by atoms with Crippen molar-refractivity contribution in [2.45, 2.75) is 38.6 Å². The average Bonchev–Trinajstić information content (AvgIpc) is 3.31. The molecule has 28 heavy (non-hydrogen) atoms. The highest BCUT2D eigenvalue weighted by Crippen LogP contribution is 2.33. The number of carbonyl (C=O) groups excluding carboxylic acids is 2. The maximum absolute atomic E-state index is 13.3. The molecule has 8 heteroatoms. The van der Waals surface area contributed by atoms with Crippen molar-refractivity contribution in [3.8, 4) is 11.4 Å². The number of nitrogens with zero attached hydrogens (tertiary/aromatic N) is 4. The van der Waals surface area contributed by atoms with Crippen LogP contribution in [0.15, 0.2) is 24.3 Å². The first kappa shape index (κ1) is 18.6. The first-order valence-corrected chi connectivity index (χ1v) is 9.73. The highest BCUT2D eigenvalue weighted by molar-refractivity contribution is 5.82. The lowest BCUT2D eigenvalue weighted by Crippen LogP contribution is -2.43. The predicted molar refractivity (Wildman–Crippen MR) is 98.7 cm³/mol. The number of aryl methyl sites for hydroxylation is 1. The van der Waals surface area contributed by atoms with Gasteiger partial charge in [-0.2, -0.15) is 0 Å². The highest BCUT2D eigenvalue weighted by Gasteiger charge is 2.37. The number of hydrogen-bond donors (Lipinski definition) is 0. The Morgan fingerprint density at radius 3 is 2.54 bits per heavy atom. The topological polar surface area (TPSA) is 77.3 Å². The summed E-state index contributed by atoms with van der Waals surface area (Å²) < 4.78 is 20.2. The average molecular weight is 386 g/mol. The number of ether oxygens (including phenoxy) is 1. The minimum atomic E-state index is -0.357. The molecular weight excluding hydrogens is 363 g/mol. The van der Waals surface area contributed by atoms with Crippen molar-refractivity contribution in [2.75, 3.05) is 19.7 Å². The van der Waals surface area contributed by atoms with Gasteiger partial charge in [-0.25, -0.2) is 4.39 Å². The van der Waals surface area contributed by atoms with Gasteiger partial charge in [-0.3, -0.25) is 14.2 Å². The summed E-state index contributed by atoms with van der Waals surface area (Å²) in [6.07, 6.45) is 2.61. The lowest BCUT2D eigenvalue weighted by Gasteiger charge is -2.33. The summed E-state index contributed by atoms with van der Waals surface area (Å²) in [6.45, 7) is 3.26. The molecule has 1 aromatic heterocycles. The lowest BCUT2D eigenvalue weighted by atomic mass is 9.96. The van der Waals surface area contributed by atoms with E-state index in [9.17, 15) is 14.0 Å². The summed E-state index contributed by atoms with van der Waals surface area (Å²) in [5.74, 6) is 0.778. The van der Waals surface area contributed by atoms with Crippen molar-refractivity contribution in [3.05, 3.63) is 35.9 Å². The molecule has 1 amide bonds. The molecule has 1 aromatic carbocycles. The molecule has 3 heterocycles. The molecule has 1 saturated heterocycles. The van der Waals surface area contributed by atoms with E-state index in [2.05, 4.69) is 10.2 Å². The minimum absolute atomic E-state index is 0.0317. The molecule has 0 bridgehead atoms. The van der Waals surface area contributed by atoms with Crippen LogP contribution >= 0.6 is 0 Å². The summed E-state index contributed by atoms with van der Waals surface area (Å²) in [6, 6.07) is 5.70. The van der Waals surface area contributed by atoms with E-state index in [1.807, 2.05) is 9.47 Å². The van der Waals surface area contributed by atoms with E-state index in [1.54, 1.807) is 19.1 Å². The van der Waals surface area contributed by atoms with E-state index < -0.39 is 0 Å². The first-order valence-electron chi connectivity index (χ1n) is 9.73. The number of amides is 1. The zero-order valence-corrected chi connectivity index (χ0v) is 15.8. The smallest absolute Gasteiger partial charge is 0.309 e. The second-order valence-electron chi connectivity index (χ2n) is 7.22. The van der Waals surface area contributed by atoms with Crippen molar-refractivity contribution in [1.29, 1.82) is 0 Å². The predicted octanol–water partition coefficient (Wildman–Crippen LogP) is 2.37. The van der Waals surface area contributed by atoms with E-state index in [4.69, 9.17) is 4.74 Å². The Bertz CT molecular complexity index is 872. The van der Waals surface area contributed by atoms with E-state index in [0.29, 0.717) is 51.2 Å². The van der Waals surface area contributed by atoms with Gasteiger partial charge in [0.05, 0.1) is 12.5 Å². The maximum atomic E-state index is 13.3. The first-order chi connectivity index (χ1) is 13.6. The molecule has 7 nitrogen and oxygen atoms in total. The normalized spacial score (nSPS) is 19.5. The van der Waals surface area contributed by atoms with E-state index in [-0.39, 0.29) is 29.7 Å². The summed E-state index contributed by atoms with van der Waals surface area (Å²) in [5, 5.41) is 8.45. The third-order valence-electron chi connectivity index (χ3n) is 5.53. The minimum Gasteiger partial charge on any atom is -0.466 e. The maximum Gasteiger partial charge on any atom is 0.309 e.